The number of esters is 2. The largest absolute Gasteiger partial charge is 0.462 e. The number of hydrogen-bond donors (Lipinski definition) is 1. The normalized spacial score (nSPS) is 19.2. The zero-order valence-corrected chi connectivity index (χ0v) is 13.3. The minimum atomic E-state index is -0.493. The van der Waals surface area contributed by atoms with E-state index in [-0.39, 0.29) is 12.5 Å². The van der Waals surface area contributed by atoms with Crippen molar-refractivity contribution in [2.45, 2.75) is 26.4 Å². The number of carbonyl (C=O) groups is 2. The molecule has 2 heterocycles. The second-order valence-electron chi connectivity index (χ2n) is 5.55. The molecule has 2 aromatic rings. The van der Waals surface area contributed by atoms with Gasteiger partial charge in [-0.3, -0.25) is 14.2 Å². The smallest absolute Gasteiger partial charge is 0.303 e. The van der Waals surface area contributed by atoms with E-state index in [0.717, 1.165) is 12.0 Å². The van der Waals surface area contributed by atoms with E-state index in [1.165, 1.54) is 20.2 Å². The van der Waals surface area contributed by atoms with E-state index in [2.05, 4.69) is 15.0 Å². The number of nitrogen functional groups attached to an aromatic ring is 1. The fourth-order valence-electron chi connectivity index (χ4n) is 2.50. The Bertz CT molecular complexity index is 828. The van der Waals surface area contributed by atoms with Crippen LogP contribution in [0.25, 0.3) is 17.4 Å². The quantitative estimate of drug-likeness (QED) is 0.797. The Morgan fingerprint density at radius 3 is 2.88 bits per heavy atom. The molecule has 1 saturated carbocycles. The molecule has 24 heavy (non-hydrogen) atoms. The minimum Gasteiger partial charge on any atom is -0.462 e. The first-order valence-electron chi connectivity index (χ1n) is 7.40. The molecule has 2 atom stereocenters. The molecule has 2 aromatic heterocycles. The topological polar surface area (TPSA) is 122 Å². The zero-order valence-electron chi connectivity index (χ0n) is 13.3. The van der Waals surface area contributed by atoms with Gasteiger partial charge in [-0.05, 0) is 12.0 Å². The summed E-state index contributed by atoms with van der Waals surface area (Å²) in [5.41, 5.74) is 7.94. The van der Waals surface area contributed by atoms with Crippen molar-refractivity contribution in [1.29, 1.82) is 0 Å². The molecule has 0 saturated heterocycles. The van der Waals surface area contributed by atoms with Crippen molar-refractivity contribution >= 4 is 35.1 Å². The number of hydrogen-bond acceptors (Lipinski definition) is 8. The fraction of sp³-hybridized carbons (Fsp3) is 0.400. The number of imidazole rings is 1. The second-order valence-corrected chi connectivity index (χ2v) is 5.55. The third-order valence-electron chi connectivity index (χ3n) is 3.68. The summed E-state index contributed by atoms with van der Waals surface area (Å²) >= 11 is 0. The van der Waals surface area contributed by atoms with Crippen molar-refractivity contribution < 1.29 is 19.1 Å². The minimum absolute atomic E-state index is 0.00452. The lowest BCUT2D eigenvalue weighted by molar-refractivity contribution is -0.157. The molecule has 9 heteroatoms. The first-order valence-corrected chi connectivity index (χ1v) is 7.40. The zero-order chi connectivity index (χ0) is 17.3. The van der Waals surface area contributed by atoms with E-state index in [4.69, 9.17) is 15.2 Å². The molecule has 0 aromatic carbocycles. The molecule has 126 valence electrons. The summed E-state index contributed by atoms with van der Waals surface area (Å²) < 4.78 is 12.0. The van der Waals surface area contributed by atoms with Gasteiger partial charge >= 0.3 is 11.9 Å². The number of rotatable bonds is 5. The molecule has 0 radical (unpaired) electrons. The third-order valence-corrected chi connectivity index (χ3v) is 3.68. The lowest BCUT2D eigenvalue weighted by Gasteiger charge is -2.15. The van der Waals surface area contributed by atoms with Crippen LogP contribution in [0.4, 0.5) is 5.82 Å². The Balaban J connectivity index is 1.78. The molecule has 3 rings (SSSR count). The maximum absolute atomic E-state index is 11.2. The van der Waals surface area contributed by atoms with E-state index >= 15 is 0 Å². The van der Waals surface area contributed by atoms with Crippen molar-refractivity contribution in [3.05, 3.63) is 18.2 Å². The number of fused-ring (bicyclic) bond motifs is 1. The Hall–Kier alpha value is -2.97. The molecule has 2 N–H and O–H groups in total. The van der Waals surface area contributed by atoms with Crippen LogP contribution < -0.4 is 5.73 Å². The summed E-state index contributed by atoms with van der Waals surface area (Å²) in [6.07, 6.45) is 5.09. The number of anilines is 1. The van der Waals surface area contributed by atoms with Crippen LogP contribution in [-0.4, -0.2) is 44.2 Å². The van der Waals surface area contributed by atoms with E-state index in [1.807, 2.05) is 6.20 Å². The fourth-order valence-corrected chi connectivity index (χ4v) is 2.50. The number of aromatic nitrogens is 4. The van der Waals surface area contributed by atoms with Gasteiger partial charge in [-0.15, -0.1) is 0 Å². The molecule has 1 fully saturated rings. The summed E-state index contributed by atoms with van der Waals surface area (Å²) in [5, 5.41) is 0. The van der Waals surface area contributed by atoms with Crippen LogP contribution in [0.2, 0.25) is 0 Å². The summed E-state index contributed by atoms with van der Waals surface area (Å²) in [5.74, 6) is -0.500. The van der Waals surface area contributed by atoms with Crippen LogP contribution in [0.5, 0.6) is 0 Å². The monoisotopic (exact) mass is 331 g/mol. The Labute approximate surface area is 137 Å². The summed E-state index contributed by atoms with van der Waals surface area (Å²) in [6.45, 7) is 2.68. The maximum atomic E-state index is 11.2. The highest BCUT2D eigenvalue weighted by molar-refractivity contribution is 5.82. The molecule has 0 spiro atoms. The standard InChI is InChI=1S/C15H17N5O4/c1-8(21)23-5-12(24-9(2)22)11-3-10(11)4-20-7-19-13-14(16)17-6-18-15(13)20/h4,6-7,11-12H,3,5H2,1-2H3,(H2,16,17,18)/b10-4-/t11-,12+/m1/s1. The van der Waals surface area contributed by atoms with E-state index in [9.17, 15) is 9.59 Å². The molecule has 1 aliphatic rings. The van der Waals surface area contributed by atoms with Gasteiger partial charge in [-0.25, -0.2) is 15.0 Å². The molecule has 9 nitrogen and oxygen atoms in total. The maximum Gasteiger partial charge on any atom is 0.303 e. The molecular weight excluding hydrogens is 314 g/mol. The van der Waals surface area contributed by atoms with Gasteiger partial charge in [0.05, 0.1) is 0 Å². The molecule has 0 bridgehead atoms. The second kappa shape index (κ2) is 6.26. The Morgan fingerprint density at radius 2 is 2.17 bits per heavy atom. The molecule has 1 aliphatic carbocycles. The van der Waals surface area contributed by atoms with Gasteiger partial charge in [0, 0.05) is 26.0 Å². The molecule has 0 amide bonds. The SMILES string of the molecule is CC(=O)OC[C@H](OC(C)=O)[C@@H]1C/C1=C/n1cnc2c(N)ncnc21. The van der Waals surface area contributed by atoms with Gasteiger partial charge in [0.25, 0.3) is 0 Å². The third kappa shape index (κ3) is 3.34. The predicted octanol–water partition coefficient (Wildman–Crippen LogP) is 0.764. The van der Waals surface area contributed by atoms with Crippen molar-refractivity contribution in [1.82, 2.24) is 19.5 Å². The van der Waals surface area contributed by atoms with Crippen LogP contribution in [0.3, 0.4) is 0 Å². The van der Waals surface area contributed by atoms with Gasteiger partial charge in [0.2, 0.25) is 0 Å². The van der Waals surface area contributed by atoms with Crippen LogP contribution in [0.15, 0.2) is 18.2 Å². The first-order chi connectivity index (χ1) is 11.5. The van der Waals surface area contributed by atoms with Crippen molar-refractivity contribution in [2.75, 3.05) is 12.3 Å². The van der Waals surface area contributed by atoms with Crippen LogP contribution >= 0.6 is 0 Å². The lowest BCUT2D eigenvalue weighted by Crippen LogP contribution is -2.25. The predicted molar refractivity (Wildman–Crippen MR) is 84.3 cm³/mol. The number of nitrogens with zero attached hydrogens (tertiary/aromatic N) is 4. The Morgan fingerprint density at radius 1 is 1.38 bits per heavy atom. The average Bonchev–Trinajstić information content (AvgIpc) is 3.15. The van der Waals surface area contributed by atoms with E-state index < -0.39 is 18.0 Å². The van der Waals surface area contributed by atoms with E-state index in [1.54, 1.807) is 10.9 Å². The highest BCUT2D eigenvalue weighted by Gasteiger charge is 2.40. The van der Waals surface area contributed by atoms with Crippen molar-refractivity contribution in [2.24, 2.45) is 5.92 Å². The van der Waals surface area contributed by atoms with E-state index in [0.29, 0.717) is 17.0 Å². The van der Waals surface area contributed by atoms with Gasteiger partial charge in [-0.1, -0.05) is 0 Å². The summed E-state index contributed by atoms with van der Waals surface area (Å²) in [6, 6.07) is 0. The summed E-state index contributed by atoms with van der Waals surface area (Å²) in [4.78, 5) is 34.5. The van der Waals surface area contributed by atoms with Crippen LogP contribution in [0, 0.1) is 5.92 Å². The first kappa shape index (κ1) is 15.9. The molecule has 0 aliphatic heterocycles. The molecule has 0 unspecified atom stereocenters. The highest BCUT2D eigenvalue weighted by atomic mass is 16.6. The van der Waals surface area contributed by atoms with Crippen LogP contribution in [-0.2, 0) is 19.1 Å². The van der Waals surface area contributed by atoms with Gasteiger partial charge in [-0.2, -0.15) is 0 Å². The van der Waals surface area contributed by atoms with Gasteiger partial charge in [0.15, 0.2) is 17.0 Å². The van der Waals surface area contributed by atoms with Crippen molar-refractivity contribution in [3.8, 4) is 0 Å². The average molecular weight is 331 g/mol. The number of ether oxygens (including phenoxy) is 2. The number of carbonyl (C=O) groups excluding carboxylic acids is 2. The van der Waals surface area contributed by atoms with Gasteiger partial charge in [0.1, 0.15) is 25.4 Å². The lowest BCUT2D eigenvalue weighted by atomic mass is 10.2. The molecular formula is C15H17N5O4. The van der Waals surface area contributed by atoms with Crippen molar-refractivity contribution in [3.63, 3.8) is 0 Å². The van der Waals surface area contributed by atoms with Gasteiger partial charge < -0.3 is 15.2 Å². The number of nitrogens with two attached hydrogens (primary N) is 1. The van der Waals surface area contributed by atoms with Crippen LogP contribution in [0.1, 0.15) is 20.3 Å². The summed E-state index contributed by atoms with van der Waals surface area (Å²) in [7, 11) is 0. The highest BCUT2D eigenvalue weighted by Crippen LogP contribution is 2.42. The Kier molecular flexibility index (Phi) is 4.15.